The number of carbonyl (C=O) groups excluding carboxylic acids is 1. The Bertz CT molecular complexity index is 461. The van der Waals surface area contributed by atoms with Crippen LogP contribution in [-0.2, 0) is 11.3 Å². The second-order valence-electron chi connectivity index (χ2n) is 5.21. The summed E-state index contributed by atoms with van der Waals surface area (Å²) >= 11 is 0. The van der Waals surface area contributed by atoms with E-state index in [0.29, 0.717) is 18.9 Å². The fraction of sp³-hybridized carbons (Fsp3) is 0.562. The predicted octanol–water partition coefficient (Wildman–Crippen LogP) is 2.18. The van der Waals surface area contributed by atoms with Gasteiger partial charge in [0.15, 0.2) is 6.61 Å². The molecule has 1 amide bonds. The highest BCUT2D eigenvalue weighted by atomic mass is 16.5. The molecule has 0 aliphatic heterocycles. The Labute approximate surface area is 127 Å². The Morgan fingerprint density at radius 3 is 2.62 bits per heavy atom. The first-order chi connectivity index (χ1) is 9.99. The summed E-state index contributed by atoms with van der Waals surface area (Å²) in [5.41, 5.74) is 6.56. The lowest BCUT2D eigenvalue weighted by atomic mass is 10.2. The molecule has 0 spiro atoms. The van der Waals surface area contributed by atoms with E-state index < -0.39 is 0 Å². The number of likely N-dealkylation sites (N-methyl/N-ethyl adjacent to an activating group) is 1. The summed E-state index contributed by atoms with van der Waals surface area (Å²) in [5.74, 6) is 1.28. The molecule has 0 atom stereocenters. The molecule has 1 aromatic carbocycles. The normalized spacial score (nSPS) is 10.6. The second-order valence-corrected chi connectivity index (χ2v) is 5.21. The van der Waals surface area contributed by atoms with E-state index in [-0.39, 0.29) is 18.6 Å². The van der Waals surface area contributed by atoms with Gasteiger partial charge >= 0.3 is 0 Å². The maximum Gasteiger partial charge on any atom is 0.260 e. The number of benzene rings is 1. The minimum Gasteiger partial charge on any atom is -0.493 e. The van der Waals surface area contributed by atoms with Crippen LogP contribution in [0.5, 0.6) is 11.5 Å². The summed E-state index contributed by atoms with van der Waals surface area (Å²) < 4.78 is 11.2. The van der Waals surface area contributed by atoms with Gasteiger partial charge in [0.25, 0.3) is 5.91 Å². The van der Waals surface area contributed by atoms with Gasteiger partial charge in [-0.2, -0.15) is 0 Å². The summed E-state index contributed by atoms with van der Waals surface area (Å²) in [6.07, 6.45) is 0.937. The van der Waals surface area contributed by atoms with Gasteiger partial charge in [0.2, 0.25) is 0 Å². The molecule has 1 aromatic rings. The summed E-state index contributed by atoms with van der Waals surface area (Å²) in [7, 11) is 1.76. The van der Waals surface area contributed by atoms with Crippen molar-refractivity contribution in [1.82, 2.24) is 4.90 Å². The molecule has 118 valence electrons. The van der Waals surface area contributed by atoms with Gasteiger partial charge in [0.05, 0.1) is 6.61 Å². The van der Waals surface area contributed by atoms with E-state index >= 15 is 0 Å². The Balaban J connectivity index is 2.73. The summed E-state index contributed by atoms with van der Waals surface area (Å²) in [6, 6.07) is 5.68. The van der Waals surface area contributed by atoms with Crippen LogP contribution in [0.25, 0.3) is 0 Å². The molecule has 0 heterocycles. The zero-order chi connectivity index (χ0) is 15.8. The van der Waals surface area contributed by atoms with E-state index in [1.54, 1.807) is 18.0 Å². The highest BCUT2D eigenvalue weighted by molar-refractivity contribution is 5.77. The number of ether oxygens (including phenoxy) is 2. The van der Waals surface area contributed by atoms with Crippen LogP contribution in [0.4, 0.5) is 0 Å². The Morgan fingerprint density at radius 2 is 2.05 bits per heavy atom. The van der Waals surface area contributed by atoms with E-state index in [9.17, 15) is 4.79 Å². The highest BCUT2D eigenvalue weighted by Crippen LogP contribution is 2.25. The second kappa shape index (κ2) is 8.52. The van der Waals surface area contributed by atoms with Crippen LogP contribution in [0.1, 0.15) is 32.8 Å². The number of hydrogen-bond acceptors (Lipinski definition) is 4. The zero-order valence-corrected chi connectivity index (χ0v) is 13.4. The van der Waals surface area contributed by atoms with Crippen LogP contribution in [-0.4, -0.2) is 37.1 Å². The largest absolute Gasteiger partial charge is 0.493 e. The molecular formula is C16H26N2O3. The lowest BCUT2D eigenvalue weighted by Crippen LogP contribution is -2.36. The van der Waals surface area contributed by atoms with E-state index in [1.165, 1.54) is 0 Å². The van der Waals surface area contributed by atoms with E-state index in [0.717, 1.165) is 17.7 Å². The van der Waals surface area contributed by atoms with Crippen molar-refractivity contribution in [2.45, 2.75) is 39.8 Å². The zero-order valence-electron chi connectivity index (χ0n) is 13.4. The summed E-state index contributed by atoms with van der Waals surface area (Å²) in [4.78, 5) is 13.6. The quantitative estimate of drug-likeness (QED) is 0.798. The van der Waals surface area contributed by atoms with Gasteiger partial charge in [-0.15, -0.1) is 0 Å². The van der Waals surface area contributed by atoms with Crippen LogP contribution in [0.3, 0.4) is 0 Å². The molecule has 0 unspecified atom stereocenters. The fourth-order valence-electron chi connectivity index (χ4n) is 1.68. The van der Waals surface area contributed by atoms with Crippen molar-refractivity contribution in [2.24, 2.45) is 5.73 Å². The fourth-order valence-corrected chi connectivity index (χ4v) is 1.68. The number of hydrogen-bond donors (Lipinski definition) is 1. The van der Waals surface area contributed by atoms with Crippen molar-refractivity contribution in [3.05, 3.63) is 23.8 Å². The molecule has 0 aliphatic rings. The van der Waals surface area contributed by atoms with Crippen molar-refractivity contribution >= 4 is 5.91 Å². The van der Waals surface area contributed by atoms with Gasteiger partial charge in [-0.05, 0) is 26.3 Å². The first-order valence-electron chi connectivity index (χ1n) is 7.33. The number of carbonyl (C=O) groups is 1. The maximum atomic E-state index is 12.0. The molecule has 21 heavy (non-hydrogen) atoms. The predicted molar refractivity (Wildman–Crippen MR) is 83.5 cm³/mol. The van der Waals surface area contributed by atoms with Crippen molar-refractivity contribution in [1.29, 1.82) is 0 Å². The van der Waals surface area contributed by atoms with Crippen LogP contribution in [0.15, 0.2) is 18.2 Å². The van der Waals surface area contributed by atoms with Gasteiger partial charge in [-0.3, -0.25) is 4.79 Å². The minimum atomic E-state index is -0.0622. The molecule has 5 heteroatoms. The summed E-state index contributed by atoms with van der Waals surface area (Å²) in [6.45, 7) is 6.98. The number of nitrogens with zero attached hydrogens (tertiary/aromatic N) is 1. The third-order valence-corrected chi connectivity index (χ3v) is 3.25. The van der Waals surface area contributed by atoms with E-state index in [4.69, 9.17) is 15.2 Å². The van der Waals surface area contributed by atoms with Crippen molar-refractivity contribution in [2.75, 3.05) is 20.3 Å². The molecule has 0 bridgehead atoms. The average molecular weight is 294 g/mol. The molecular weight excluding hydrogens is 268 g/mol. The minimum absolute atomic E-state index is 0.00108. The lowest BCUT2D eigenvalue weighted by Gasteiger charge is -2.22. The maximum absolute atomic E-state index is 12.0. The molecule has 1 rings (SSSR count). The molecule has 5 nitrogen and oxygen atoms in total. The third-order valence-electron chi connectivity index (χ3n) is 3.25. The first-order valence-corrected chi connectivity index (χ1v) is 7.33. The Kier molecular flexibility index (Phi) is 7.02. The molecule has 0 saturated heterocycles. The van der Waals surface area contributed by atoms with E-state index in [2.05, 4.69) is 0 Å². The van der Waals surface area contributed by atoms with Crippen LogP contribution in [0.2, 0.25) is 0 Å². The smallest absolute Gasteiger partial charge is 0.260 e. The Hall–Kier alpha value is -1.75. The van der Waals surface area contributed by atoms with Gasteiger partial charge < -0.3 is 20.1 Å². The lowest BCUT2D eigenvalue weighted by molar-refractivity contribution is -0.133. The topological polar surface area (TPSA) is 64.8 Å². The van der Waals surface area contributed by atoms with Gasteiger partial charge in [0.1, 0.15) is 11.5 Å². The van der Waals surface area contributed by atoms with Gasteiger partial charge in [-0.1, -0.05) is 13.0 Å². The molecule has 0 fully saturated rings. The molecule has 2 N–H and O–H groups in total. The monoisotopic (exact) mass is 294 g/mol. The van der Waals surface area contributed by atoms with Crippen LogP contribution >= 0.6 is 0 Å². The van der Waals surface area contributed by atoms with Crippen molar-refractivity contribution < 1.29 is 14.3 Å². The molecule has 0 radical (unpaired) electrons. The van der Waals surface area contributed by atoms with Crippen LogP contribution < -0.4 is 15.2 Å². The number of nitrogens with two attached hydrogens (primary N) is 1. The SMILES string of the molecule is CCCOc1ccc(CN)c(OCC(=O)N(C)C(C)C)c1. The van der Waals surface area contributed by atoms with Crippen molar-refractivity contribution in [3.63, 3.8) is 0 Å². The summed E-state index contributed by atoms with van der Waals surface area (Å²) in [5, 5.41) is 0. The molecule has 0 saturated carbocycles. The molecule has 0 aromatic heterocycles. The average Bonchev–Trinajstić information content (AvgIpc) is 2.49. The number of amides is 1. The van der Waals surface area contributed by atoms with Crippen molar-refractivity contribution in [3.8, 4) is 11.5 Å². The number of rotatable bonds is 8. The Morgan fingerprint density at radius 1 is 1.33 bits per heavy atom. The van der Waals surface area contributed by atoms with E-state index in [1.807, 2.05) is 32.9 Å². The standard InChI is InChI=1S/C16H26N2O3/c1-5-8-20-14-7-6-13(10-17)15(9-14)21-11-16(19)18(4)12(2)3/h6-7,9,12H,5,8,10-11,17H2,1-4H3. The first kappa shape index (κ1) is 17.3. The highest BCUT2D eigenvalue weighted by Gasteiger charge is 2.14. The third kappa shape index (κ3) is 5.27. The van der Waals surface area contributed by atoms with Crippen LogP contribution in [0, 0.1) is 0 Å². The van der Waals surface area contributed by atoms with Gasteiger partial charge in [-0.25, -0.2) is 0 Å². The van der Waals surface area contributed by atoms with Gasteiger partial charge in [0, 0.05) is 31.3 Å². The molecule has 0 aliphatic carbocycles.